The number of nitro groups is 1. The zero-order valence-corrected chi connectivity index (χ0v) is 14.2. The van der Waals surface area contributed by atoms with E-state index in [2.05, 4.69) is 41.8 Å². The molecule has 0 aliphatic carbocycles. The average molecular weight is 445 g/mol. The molecule has 106 valence electrons. The smallest absolute Gasteiger partial charge is 0.301 e. The standard InChI is InChI=1S/C5H2BrClN2O2.C5H4BrClN2/c6-3-1-5(7)8-2-4(3)9(10)11;6-3-1-5(7)9-2-4(3)8/h1-2H;1-2H,8H2. The minimum absolute atomic E-state index is 0.0885. The van der Waals surface area contributed by atoms with E-state index in [1.54, 1.807) is 6.07 Å². The molecule has 20 heavy (non-hydrogen) atoms. The molecule has 0 bridgehead atoms. The van der Waals surface area contributed by atoms with Crippen LogP contribution in [0.4, 0.5) is 11.4 Å². The topological polar surface area (TPSA) is 94.9 Å². The lowest BCUT2D eigenvalue weighted by Gasteiger charge is -1.94. The molecule has 0 unspecified atom stereocenters. The Hall–Kier alpha value is -0.960. The van der Waals surface area contributed by atoms with E-state index in [0.717, 1.165) is 10.7 Å². The van der Waals surface area contributed by atoms with Gasteiger partial charge in [-0.2, -0.15) is 0 Å². The molecule has 0 radical (unpaired) electrons. The summed E-state index contributed by atoms with van der Waals surface area (Å²) in [6, 6.07) is 3.02. The summed E-state index contributed by atoms with van der Waals surface area (Å²) in [5, 5.41) is 10.9. The second-order valence-electron chi connectivity index (χ2n) is 3.24. The fourth-order valence-corrected chi connectivity index (χ4v) is 2.32. The van der Waals surface area contributed by atoms with Crippen LogP contribution in [-0.4, -0.2) is 14.9 Å². The largest absolute Gasteiger partial charge is 0.397 e. The summed E-state index contributed by atoms with van der Waals surface area (Å²) in [5.74, 6) is 0. The minimum Gasteiger partial charge on any atom is -0.397 e. The quantitative estimate of drug-likeness (QED) is 0.397. The Kier molecular flexibility index (Phi) is 6.60. The first-order valence-electron chi connectivity index (χ1n) is 4.83. The molecule has 0 saturated carbocycles. The van der Waals surface area contributed by atoms with Crippen LogP contribution in [0.5, 0.6) is 0 Å². The van der Waals surface area contributed by atoms with Gasteiger partial charge < -0.3 is 5.73 Å². The molecule has 0 atom stereocenters. The van der Waals surface area contributed by atoms with Gasteiger partial charge >= 0.3 is 5.69 Å². The number of anilines is 1. The number of pyridine rings is 2. The molecule has 0 spiro atoms. The van der Waals surface area contributed by atoms with E-state index in [9.17, 15) is 10.1 Å². The maximum absolute atomic E-state index is 10.2. The molecule has 0 aliphatic heterocycles. The molecule has 2 heterocycles. The van der Waals surface area contributed by atoms with Crippen molar-refractivity contribution >= 4 is 66.4 Å². The number of aromatic nitrogens is 2. The Bertz CT molecular complexity index is 643. The fourth-order valence-electron chi connectivity index (χ4n) is 0.953. The predicted molar refractivity (Wildman–Crippen MR) is 85.0 cm³/mol. The van der Waals surface area contributed by atoms with Gasteiger partial charge in [0.2, 0.25) is 0 Å². The van der Waals surface area contributed by atoms with Gasteiger partial charge in [-0.15, -0.1) is 0 Å². The molecular formula is C10H6Br2Cl2N4O2. The van der Waals surface area contributed by atoms with E-state index in [1.807, 2.05) is 0 Å². The minimum atomic E-state index is -0.534. The van der Waals surface area contributed by atoms with Crippen LogP contribution in [0.25, 0.3) is 0 Å². The van der Waals surface area contributed by atoms with E-state index < -0.39 is 4.92 Å². The molecule has 0 fully saturated rings. The van der Waals surface area contributed by atoms with Crippen molar-refractivity contribution in [3.8, 4) is 0 Å². The van der Waals surface area contributed by atoms with Crippen molar-refractivity contribution in [1.29, 1.82) is 0 Å². The number of halogens is 4. The van der Waals surface area contributed by atoms with Crippen LogP contribution >= 0.6 is 55.1 Å². The van der Waals surface area contributed by atoms with Crippen LogP contribution in [0.1, 0.15) is 0 Å². The summed E-state index contributed by atoms with van der Waals surface area (Å²) < 4.78 is 1.12. The van der Waals surface area contributed by atoms with Gasteiger partial charge in [0, 0.05) is 4.47 Å². The highest BCUT2D eigenvalue weighted by Crippen LogP contribution is 2.25. The predicted octanol–water partition coefficient (Wildman–Crippen LogP) is 4.49. The Morgan fingerprint density at radius 3 is 2.00 bits per heavy atom. The molecule has 0 saturated heterocycles. The molecule has 0 aromatic carbocycles. The molecule has 0 aliphatic rings. The summed E-state index contributed by atoms with van der Waals surface area (Å²) in [7, 11) is 0. The average Bonchev–Trinajstić information content (AvgIpc) is 2.34. The van der Waals surface area contributed by atoms with E-state index in [4.69, 9.17) is 28.9 Å². The van der Waals surface area contributed by atoms with Crippen LogP contribution in [0, 0.1) is 10.1 Å². The molecule has 10 heteroatoms. The molecule has 2 aromatic rings. The highest BCUT2D eigenvalue weighted by molar-refractivity contribution is 9.11. The first-order valence-corrected chi connectivity index (χ1v) is 7.17. The van der Waals surface area contributed by atoms with Gasteiger partial charge in [-0.05, 0) is 44.0 Å². The van der Waals surface area contributed by atoms with Gasteiger partial charge in [-0.3, -0.25) is 10.1 Å². The van der Waals surface area contributed by atoms with Gasteiger partial charge in [-0.25, -0.2) is 9.97 Å². The zero-order chi connectivity index (χ0) is 15.3. The Morgan fingerprint density at radius 2 is 1.60 bits per heavy atom. The third-order valence-corrected chi connectivity index (χ3v) is 3.58. The zero-order valence-electron chi connectivity index (χ0n) is 9.56. The van der Waals surface area contributed by atoms with Crippen molar-refractivity contribution in [2.45, 2.75) is 0 Å². The third kappa shape index (κ3) is 5.20. The number of nitrogens with two attached hydrogens (primary N) is 1. The van der Waals surface area contributed by atoms with Crippen LogP contribution < -0.4 is 5.73 Å². The Labute approximate surface area is 140 Å². The molecular weight excluding hydrogens is 439 g/mol. The maximum atomic E-state index is 10.2. The lowest BCUT2D eigenvalue weighted by molar-refractivity contribution is -0.386. The number of hydrogen-bond donors (Lipinski definition) is 1. The highest BCUT2D eigenvalue weighted by atomic mass is 79.9. The van der Waals surface area contributed by atoms with Crippen LogP contribution in [0.15, 0.2) is 33.5 Å². The highest BCUT2D eigenvalue weighted by Gasteiger charge is 2.11. The molecule has 2 aromatic heterocycles. The van der Waals surface area contributed by atoms with Crippen molar-refractivity contribution in [3.63, 3.8) is 0 Å². The van der Waals surface area contributed by atoms with E-state index in [1.165, 1.54) is 12.3 Å². The van der Waals surface area contributed by atoms with Crippen molar-refractivity contribution in [2.75, 3.05) is 5.73 Å². The summed E-state index contributed by atoms with van der Waals surface area (Å²) in [6.45, 7) is 0. The third-order valence-electron chi connectivity index (χ3n) is 1.85. The van der Waals surface area contributed by atoms with E-state index >= 15 is 0 Å². The molecule has 0 amide bonds. The monoisotopic (exact) mass is 442 g/mol. The molecule has 6 nitrogen and oxygen atoms in total. The summed E-state index contributed by atoms with van der Waals surface area (Å²) in [4.78, 5) is 17.0. The Balaban J connectivity index is 0.000000204. The fraction of sp³-hybridized carbons (Fsp3) is 0. The number of hydrogen-bond acceptors (Lipinski definition) is 5. The van der Waals surface area contributed by atoms with Gasteiger partial charge in [0.15, 0.2) is 0 Å². The first kappa shape index (κ1) is 17.1. The van der Waals surface area contributed by atoms with Crippen LogP contribution in [0.2, 0.25) is 10.3 Å². The SMILES string of the molecule is Nc1cnc(Cl)cc1Br.O=[N+]([O-])c1cnc(Cl)cc1Br. The lowest BCUT2D eigenvalue weighted by atomic mass is 10.4. The number of rotatable bonds is 1. The van der Waals surface area contributed by atoms with E-state index in [-0.39, 0.29) is 10.8 Å². The first-order chi connectivity index (χ1) is 9.31. The van der Waals surface area contributed by atoms with Gasteiger partial charge in [0.05, 0.1) is 21.3 Å². The van der Waals surface area contributed by atoms with Crippen molar-refractivity contribution in [2.24, 2.45) is 0 Å². The Morgan fingerprint density at radius 1 is 1.10 bits per heavy atom. The maximum Gasteiger partial charge on any atom is 0.301 e. The number of nitrogens with zero attached hydrogens (tertiary/aromatic N) is 3. The van der Waals surface area contributed by atoms with Crippen molar-refractivity contribution in [3.05, 3.63) is 53.9 Å². The lowest BCUT2D eigenvalue weighted by Crippen LogP contribution is -1.90. The normalized spacial score (nSPS) is 9.60. The molecule has 2 N–H and O–H groups in total. The molecule has 2 rings (SSSR count). The van der Waals surface area contributed by atoms with Crippen molar-refractivity contribution in [1.82, 2.24) is 9.97 Å². The summed E-state index contributed by atoms with van der Waals surface area (Å²) in [5.41, 5.74) is 5.93. The van der Waals surface area contributed by atoms with Crippen LogP contribution in [0.3, 0.4) is 0 Å². The van der Waals surface area contributed by atoms with Gasteiger partial charge in [0.1, 0.15) is 16.5 Å². The van der Waals surface area contributed by atoms with Gasteiger partial charge in [-0.1, -0.05) is 23.2 Å². The second-order valence-corrected chi connectivity index (χ2v) is 5.73. The summed E-state index contributed by atoms with van der Waals surface area (Å²) in [6.07, 6.45) is 2.61. The van der Waals surface area contributed by atoms with E-state index in [0.29, 0.717) is 15.3 Å². The second kappa shape index (κ2) is 7.72. The number of nitrogen functional groups attached to an aromatic ring is 1. The van der Waals surface area contributed by atoms with Crippen molar-refractivity contribution < 1.29 is 4.92 Å². The van der Waals surface area contributed by atoms with Gasteiger partial charge in [0.25, 0.3) is 0 Å². The van der Waals surface area contributed by atoms with Crippen LogP contribution in [-0.2, 0) is 0 Å². The summed E-state index contributed by atoms with van der Waals surface area (Å²) >= 11 is 17.2.